The van der Waals surface area contributed by atoms with Crippen LogP contribution in [0.5, 0.6) is 0 Å². The first-order chi connectivity index (χ1) is 11.8. The number of benzene rings is 1. The summed E-state index contributed by atoms with van der Waals surface area (Å²) in [4.78, 5) is 14.7. The van der Waals surface area contributed by atoms with Crippen LogP contribution in [0.3, 0.4) is 0 Å². The zero-order valence-electron chi connectivity index (χ0n) is 16.2. The van der Waals surface area contributed by atoms with Gasteiger partial charge in [0.25, 0.3) is 0 Å². The summed E-state index contributed by atoms with van der Waals surface area (Å²) >= 11 is 0. The highest BCUT2D eigenvalue weighted by Gasteiger charge is 2.37. The predicted octanol–water partition coefficient (Wildman–Crippen LogP) is 5.81. The van der Waals surface area contributed by atoms with Crippen molar-refractivity contribution in [3.8, 4) is 0 Å². The second-order valence-electron chi connectivity index (χ2n) is 9.04. The van der Waals surface area contributed by atoms with Crippen molar-refractivity contribution in [3.63, 3.8) is 0 Å². The number of rotatable bonds is 4. The van der Waals surface area contributed by atoms with Crippen LogP contribution in [0, 0.1) is 17.8 Å². The minimum atomic E-state index is -0.450. The molecule has 1 amide bonds. The molecular weight excluding hydrogens is 310 g/mol. The molecule has 1 aliphatic heterocycles. The molecule has 1 aromatic carbocycles. The average Bonchev–Trinajstić information content (AvgIpc) is 3.37. The van der Waals surface area contributed by atoms with E-state index in [0.29, 0.717) is 5.92 Å². The Morgan fingerprint density at radius 1 is 1.20 bits per heavy atom. The molecule has 1 saturated heterocycles. The molecule has 3 atom stereocenters. The lowest BCUT2D eigenvalue weighted by atomic mass is 9.78. The number of carbonyl (C=O) groups is 1. The van der Waals surface area contributed by atoms with E-state index in [2.05, 4.69) is 31.2 Å². The molecule has 0 spiro atoms. The molecule has 1 saturated carbocycles. The maximum Gasteiger partial charge on any atom is 0.410 e. The Labute approximate surface area is 152 Å². The Bertz CT molecular complexity index is 573. The molecule has 0 aromatic heterocycles. The summed E-state index contributed by atoms with van der Waals surface area (Å²) in [6.07, 6.45) is 6.17. The fourth-order valence-electron chi connectivity index (χ4n) is 4.11. The summed E-state index contributed by atoms with van der Waals surface area (Å²) in [5.41, 5.74) is 0.783. The summed E-state index contributed by atoms with van der Waals surface area (Å²) in [6.45, 7) is 9.02. The zero-order chi connectivity index (χ0) is 18.0. The van der Waals surface area contributed by atoms with Crippen LogP contribution in [0.4, 0.5) is 4.79 Å². The predicted molar refractivity (Wildman–Crippen MR) is 101 cm³/mol. The molecule has 2 aliphatic rings. The quantitative estimate of drug-likeness (QED) is 0.690. The van der Waals surface area contributed by atoms with E-state index in [1.165, 1.54) is 24.8 Å². The third-order valence-corrected chi connectivity index (χ3v) is 5.66. The summed E-state index contributed by atoms with van der Waals surface area (Å²) in [5.74, 6) is 2.41. The van der Waals surface area contributed by atoms with E-state index in [9.17, 15) is 4.79 Å². The number of nitrogens with zero attached hydrogens (tertiary/aromatic N) is 1. The van der Waals surface area contributed by atoms with Crippen LogP contribution in [-0.4, -0.2) is 23.1 Å². The van der Waals surface area contributed by atoms with Gasteiger partial charge in [0.1, 0.15) is 5.60 Å². The van der Waals surface area contributed by atoms with Crippen LogP contribution < -0.4 is 0 Å². The SMILES string of the molecule is C[C@H](CC1CC1)C1CCN(C(=O)OC(C)(C)C)C(c2ccccc2)C1. The van der Waals surface area contributed by atoms with Crippen LogP contribution in [0.25, 0.3) is 0 Å². The van der Waals surface area contributed by atoms with Gasteiger partial charge in [0.2, 0.25) is 0 Å². The van der Waals surface area contributed by atoms with Gasteiger partial charge in [-0.2, -0.15) is 0 Å². The maximum absolute atomic E-state index is 12.8. The normalized spacial score (nSPS) is 25.5. The van der Waals surface area contributed by atoms with E-state index < -0.39 is 5.60 Å². The van der Waals surface area contributed by atoms with Crippen molar-refractivity contribution in [3.05, 3.63) is 35.9 Å². The minimum absolute atomic E-state index is 0.136. The van der Waals surface area contributed by atoms with E-state index in [1.54, 1.807) is 0 Å². The Balaban J connectivity index is 1.74. The summed E-state index contributed by atoms with van der Waals surface area (Å²) < 4.78 is 5.69. The summed E-state index contributed by atoms with van der Waals surface area (Å²) in [6, 6.07) is 10.6. The lowest BCUT2D eigenvalue weighted by Crippen LogP contribution is -2.44. The Morgan fingerprint density at radius 3 is 2.48 bits per heavy atom. The average molecular weight is 344 g/mol. The molecule has 138 valence electrons. The number of carbonyl (C=O) groups excluding carboxylic acids is 1. The van der Waals surface area contributed by atoms with Gasteiger partial charge in [0, 0.05) is 6.54 Å². The van der Waals surface area contributed by atoms with Crippen molar-refractivity contribution < 1.29 is 9.53 Å². The molecule has 2 unspecified atom stereocenters. The number of hydrogen-bond acceptors (Lipinski definition) is 2. The standard InChI is InChI=1S/C22H33NO2/c1-16(14-17-10-11-17)19-12-13-23(21(24)25-22(2,3)4)20(15-19)18-8-6-5-7-9-18/h5-9,16-17,19-20H,10-15H2,1-4H3/t16-,19?,20?/m1/s1. The highest BCUT2D eigenvalue weighted by atomic mass is 16.6. The third kappa shape index (κ3) is 4.99. The van der Waals surface area contributed by atoms with Crippen molar-refractivity contribution in [2.24, 2.45) is 17.8 Å². The van der Waals surface area contributed by atoms with Gasteiger partial charge >= 0.3 is 6.09 Å². The number of likely N-dealkylation sites (tertiary alicyclic amines) is 1. The Morgan fingerprint density at radius 2 is 1.88 bits per heavy atom. The summed E-state index contributed by atoms with van der Waals surface area (Å²) in [7, 11) is 0. The van der Waals surface area contributed by atoms with E-state index in [1.807, 2.05) is 31.7 Å². The molecule has 25 heavy (non-hydrogen) atoms. The monoisotopic (exact) mass is 343 g/mol. The molecule has 3 rings (SSSR count). The first-order valence-electron chi connectivity index (χ1n) is 9.88. The number of piperidine rings is 1. The van der Waals surface area contributed by atoms with E-state index in [0.717, 1.165) is 31.2 Å². The van der Waals surface area contributed by atoms with Crippen molar-refractivity contribution >= 4 is 6.09 Å². The smallest absolute Gasteiger partial charge is 0.410 e. The third-order valence-electron chi connectivity index (χ3n) is 5.66. The fourth-order valence-corrected chi connectivity index (χ4v) is 4.11. The largest absolute Gasteiger partial charge is 0.444 e. The lowest BCUT2D eigenvalue weighted by molar-refractivity contribution is 0.000246. The van der Waals surface area contributed by atoms with Gasteiger partial charge in [-0.25, -0.2) is 4.79 Å². The number of ether oxygens (including phenoxy) is 1. The van der Waals surface area contributed by atoms with Crippen molar-refractivity contribution in [1.29, 1.82) is 0 Å². The van der Waals surface area contributed by atoms with Crippen molar-refractivity contribution in [2.45, 2.75) is 71.4 Å². The van der Waals surface area contributed by atoms with E-state index >= 15 is 0 Å². The lowest BCUT2D eigenvalue weighted by Gasteiger charge is -2.42. The zero-order valence-corrected chi connectivity index (χ0v) is 16.2. The molecule has 1 aromatic rings. The van der Waals surface area contributed by atoms with E-state index in [4.69, 9.17) is 4.74 Å². The maximum atomic E-state index is 12.8. The molecule has 0 bridgehead atoms. The second kappa shape index (κ2) is 7.39. The van der Waals surface area contributed by atoms with Crippen LogP contribution in [0.1, 0.15) is 71.4 Å². The molecule has 0 radical (unpaired) electrons. The van der Waals surface area contributed by atoms with Gasteiger partial charge < -0.3 is 9.64 Å². The van der Waals surface area contributed by atoms with Gasteiger partial charge in [-0.15, -0.1) is 0 Å². The second-order valence-corrected chi connectivity index (χ2v) is 9.04. The van der Waals surface area contributed by atoms with Crippen molar-refractivity contribution in [1.82, 2.24) is 4.90 Å². The van der Waals surface area contributed by atoms with Crippen LogP contribution in [0.15, 0.2) is 30.3 Å². The van der Waals surface area contributed by atoms with Crippen LogP contribution in [0.2, 0.25) is 0 Å². The first kappa shape index (κ1) is 18.3. The van der Waals surface area contributed by atoms with Gasteiger partial charge in [-0.1, -0.05) is 50.1 Å². The molecule has 1 heterocycles. The minimum Gasteiger partial charge on any atom is -0.444 e. The first-order valence-corrected chi connectivity index (χ1v) is 9.88. The fraction of sp³-hybridized carbons (Fsp3) is 0.682. The summed E-state index contributed by atoms with van der Waals surface area (Å²) in [5, 5.41) is 0. The van der Waals surface area contributed by atoms with E-state index in [-0.39, 0.29) is 12.1 Å². The molecule has 1 aliphatic carbocycles. The Hall–Kier alpha value is -1.51. The van der Waals surface area contributed by atoms with Gasteiger partial charge in [0.15, 0.2) is 0 Å². The molecule has 3 heteroatoms. The van der Waals surface area contributed by atoms with Crippen LogP contribution >= 0.6 is 0 Å². The van der Waals surface area contributed by atoms with Crippen LogP contribution in [-0.2, 0) is 4.74 Å². The Kier molecular flexibility index (Phi) is 5.41. The number of hydrogen-bond donors (Lipinski definition) is 0. The number of amides is 1. The molecule has 3 nitrogen and oxygen atoms in total. The van der Waals surface area contributed by atoms with Crippen molar-refractivity contribution in [2.75, 3.05) is 6.54 Å². The highest BCUT2D eigenvalue weighted by Crippen LogP contribution is 2.43. The molecule has 0 N–H and O–H groups in total. The van der Waals surface area contributed by atoms with Gasteiger partial charge in [0.05, 0.1) is 6.04 Å². The molecular formula is C22H33NO2. The van der Waals surface area contributed by atoms with Gasteiger partial charge in [-0.3, -0.25) is 0 Å². The van der Waals surface area contributed by atoms with Gasteiger partial charge in [-0.05, 0) is 63.4 Å². The molecule has 2 fully saturated rings. The highest BCUT2D eigenvalue weighted by molar-refractivity contribution is 5.69. The topological polar surface area (TPSA) is 29.5 Å².